The normalized spacial score (nSPS) is 12.0. The van der Waals surface area contributed by atoms with Crippen LogP contribution in [0.1, 0.15) is 12.0 Å². The molecule has 5 heteroatoms. The predicted octanol–water partition coefficient (Wildman–Crippen LogP) is 6.22. The molecule has 0 fully saturated rings. The molecule has 0 radical (unpaired) electrons. The highest BCUT2D eigenvalue weighted by atomic mass is 31.2. The molecule has 136 valence electrons. The monoisotopic (exact) mass is 377 g/mol. The lowest BCUT2D eigenvalue weighted by Crippen LogP contribution is -2.15. The summed E-state index contributed by atoms with van der Waals surface area (Å²) in [6.07, 6.45) is 0.999. The molecule has 0 aromatic heterocycles. The van der Waals surface area contributed by atoms with E-state index in [9.17, 15) is 4.57 Å². The second-order valence-corrected chi connectivity index (χ2v) is 8.02. The molecule has 0 amide bonds. The minimum Gasteiger partial charge on any atom is -0.411 e. The summed E-state index contributed by atoms with van der Waals surface area (Å²) in [5.74, 6) is -0.0617. The first-order valence-corrected chi connectivity index (χ1v) is 10.3. The number of hydrogen-bond donors (Lipinski definition) is 0. The van der Waals surface area contributed by atoms with Crippen molar-refractivity contribution in [3.63, 3.8) is 0 Å². The molecule has 0 heterocycles. The lowest BCUT2D eigenvalue weighted by molar-refractivity contribution is 0.375. The summed E-state index contributed by atoms with van der Waals surface area (Å²) in [7, 11) is -3.76. The molecule has 0 aliphatic rings. The number of aryl methyl sites for hydroxylation is 1. The number of benzene rings is 3. The third kappa shape index (κ3) is 5.23. The van der Waals surface area contributed by atoms with Crippen molar-refractivity contribution >= 4 is 7.60 Å². The lowest BCUT2D eigenvalue weighted by atomic mass is 10.1. The van der Waals surface area contributed by atoms with Crippen LogP contribution < -0.4 is 9.05 Å². The summed E-state index contributed by atoms with van der Waals surface area (Å²) in [5, 5.41) is 0. The van der Waals surface area contributed by atoms with Crippen molar-refractivity contribution in [2.75, 3.05) is 0 Å². The fourth-order valence-electron chi connectivity index (χ4n) is 2.63. The average Bonchev–Trinajstić information content (AvgIpc) is 2.70. The van der Waals surface area contributed by atoms with Gasteiger partial charge in [-0.05, 0) is 36.2 Å². The Morgan fingerprint density at radius 1 is 0.778 bits per heavy atom. The van der Waals surface area contributed by atoms with Gasteiger partial charge in [0.05, 0.1) is 0 Å². The zero-order chi connectivity index (χ0) is 19.0. The van der Waals surface area contributed by atoms with Crippen LogP contribution in [-0.4, -0.2) is 5.78 Å². The molecule has 3 aromatic carbocycles. The van der Waals surface area contributed by atoms with Crippen molar-refractivity contribution in [3.8, 4) is 11.5 Å². The lowest BCUT2D eigenvalue weighted by Gasteiger charge is -2.21. The molecule has 0 aliphatic carbocycles. The van der Waals surface area contributed by atoms with E-state index in [0.717, 1.165) is 5.56 Å². The molecule has 1 atom stereocenters. The maximum Gasteiger partial charge on any atom is 0.512 e. The van der Waals surface area contributed by atoms with Gasteiger partial charge in [-0.3, -0.25) is 4.85 Å². The van der Waals surface area contributed by atoms with Gasteiger partial charge in [-0.2, -0.15) is 0 Å². The van der Waals surface area contributed by atoms with Crippen molar-refractivity contribution in [2.45, 2.75) is 18.6 Å². The SMILES string of the molecule is [C-]#[N+]C(CCc1ccccc1)P(=O)(Oc1ccccc1)Oc1ccccc1. The molecule has 0 N–H and O–H groups in total. The standard InChI is InChI=1S/C22H20NO3P/c1-23-22(18-17-19-11-5-2-6-12-19)27(24,25-20-13-7-3-8-14-20)26-21-15-9-4-10-16-21/h2-16,22H,17-18H2. The van der Waals surface area contributed by atoms with Gasteiger partial charge in [0.15, 0.2) is 0 Å². The van der Waals surface area contributed by atoms with Gasteiger partial charge in [-0.15, -0.1) is 0 Å². The van der Waals surface area contributed by atoms with Crippen LogP contribution in [0.4, 0.5) is 0 Å². The molecule has 0 bridgehead atoms. The van der Waals surface area contributed by atoms with Gasteiger partial charge >= 0.3 is 13.4 Å². The quantitative estimate of drug-likeness (QED) is 0.346. The molecule has 27 heavy (non-hydrogen) atoms. The summed E-state index contributed by atoms with van der Waals surface area (Å²) in [6.45, 7) is 7.61. The second-order valence-electron chi connectivity index (χ2n) is 5.98. The Bertz CT molecular complexity index is 879. The van der Waals surface area contributed by atoms with Gasteiger partial charge < -0.3 is 9.05 Å². The topological polar surface area (TPSA) is 39.9 Å². The van der Waals surface area contributed by atoms with E-state index >= 15 is 0 Å². The third-order valence-corrected chi connectivity index (χ3v) is 6.03. The summed E-state index contributed by atoms with van der Waals surface area (Å²) >= 11 is 0. The van der Waals surface area contributed by atoms with Gasteiger partial charge in [-0.1, -0.05) is 66.7 Å². The van der Waals surface area contributed by atoms with Crippen LogP contribution >= 0.6 is 7.60 Å². The summed E-state index contributed by atoms with van der Waals surface area (Å²) in [4.78, 5) is 3.60. The van der Waals surface area contributed by atoms with E-state index in [1.54, 1.807) is 48.5 Å². The van der Waals surface area contributed by atoms with Gasteiger partial charge in [0.2, 0.25) is 0 Å². The Labute approximate surface area is 159 Å². The highest BCUT2D eigenvalue weighted by molar-refractivity contribution is 7.55. The smallest absolute Gasteiger partial charge is 0.411 e. The Kier molecular flexibility index (Phi) is 6.30. The fraction of sp³-hybridized carbons (Fsp3) is 0.136. The average molecular weight is 377 g/mol. The first-order valence-electron chi connectivity index (χ1n) is 8.69. The van der Waals surface area contributed by atoms with Crippen molar-refractivity contribution in [1.82, 2.24) is 0 Å². The van der Waals surface area contributed by atoms with Crippen LogP contribution in [0.2, 0.25) is 0 Å². The fourth-order valence-corrected chi connectivity index (χ4v) is 4.33. The largest absolute Gasteiger partial charge is 0.512 e. The minimum absolute atomic E-state index is 0.379. The molecule has 0 spiro atoms. The molecular formula is C22H20NO3P. The van der Waals surface area contributed by atoms with E-state index in [1.165, 1.54) is 0 Å². The van der Waals surface area contributed by atoms with Crippen LogP contribution in [0.15, 0.2) is 91.0 Å². The molecule has 4 nitrogen and oxygen atoms in total. The first kappa shape index (κ1) is 18.8. The van der Waals surface area contributed by atoms with Crippen molar-refractivity contribution in [3.05, 3.63) is 108 Å². The number of para-hydroxylation sites is 2. The maximum atomic E-state index is 13.6. The molecule has 3 rings (SSSR count). The van der Waals surface area contributed by atoms with E-state index in [4.69, 9.17) is 15.6 Å². The highest BCUT2D eigenvalue weighted by Gasteiger charge is 2.45. The second kappa shape index (κ2) is 9.07. The summed E-state index contributed by atoms with van der Waals surface area (Å²) in [6, 6.07) is 27.5. The Morgan fingerprint density at radius 3 is 1.67 bits per heavy atom. The van der Waals surface area contributed by atoms with Gasteiger partial charge in [0, 0.05) is 6.42 Å². The van der Waals surface area contributed by atoms with E-state index in [1.807, 2.05) is 42.5 Å². The Morgan fingerprint density at radius 2 is 1.22 bits per heavy atom. The van der Waals surface area contributed by atoms with Crippen LogP contribution in [0.5, 0.6) is 11.5 Å². The van der Waals surface area contributed by atoms with Crippen LogP contribution in [0.25, 0.3) is 4.85 Å². The summed E-state index contributed by atoms with van der Waals surface area (Å²) in [5.41, 5.74) is 1.08. The van der Waals surface area contributed by atoms with E-state index in [0.29, 0.717) is 24.3 Å². The number of hydrogen-bond acceptors (Lipinski definition) is 3. The predicted molar refractivity (Wildman–Crippen MR) is 107 cm³/mol. The van der Waals surface area contributed by atoms with Crippen LogP contribution in [-0.2, 0) is 11.0 Å². The van der Waals surface area contributed by atoms with Gasteiger partial charge in [0.25, 0.3) is 0 Å². The van der Waals surface area contributed by atoms with E-state index in [2.05, 4.69) is 4.85 Å². The molecule has 1 unspecified atom stereocenters. The van der Waals surface area contributed by atoms with Crippen LogP contribution in [0.3, 0.4) is 0 Å². The van der Waals surface area contributed by atoms with Crippen molar-refractivity contribution in [1.29, 1.82) is 0 Å². The van der Waals surface area contributed by atoms with E-state index in [-0.39, 0.29) is 0 Å². The minimum atomic E-state index is -3.76. The van der Waals surface area contributed by atoms with Crippen molar-refractivity contribution < 1.29 is 13.6 Å². The van der Waals surface area contributed by atoms with Crippen molar-refractivity contribution in [2.24, 2.45) is 0 Å². The molecule has 0 saturated carbocycles. The highest BCUT2D eigenvalue weighted by Crippen LogP contribution is 2.54. The van der Waals surface area contributed by atoms with Gasteiger partial charge in [0.1, 0.15) is 11.5 Å². The molecular weight excluding hydrogens is 357 g/mol. The zero-order valence-corrected chi connectivity index (χ0v) is 15.7. The number of nitrogens with zero attached hydrogens (tertiary/aromatic N) is 1. The van der Waals surface area contributed by atoms with Crippen LogP contribution in [0, 0.1) is 6.57 Å². The zero-order valence-electron chi connectivity index (χ0n) is 14.8. The molecule has 3 aromatic rings. The summed E-state index contributed by atoms with van der Waals surface area (Å²) < 4.78 is 25.2. The Balaban J connectivity index is 1.84. The first-order chi connectivity index (χ1) is 13.2. The molecule has 0 aliphatic heterocycles. The molecule has 0 saturated heterocycles. The number of rotatable bonds is 8. The maximum absolute atomic E-state index is 13.6. The van der Waals surface area contributed by atoms with E-state index < -0.39 is 13.4 Å². The Hall–Kier alpha value is -3.02. The van der Waals surface area contributed by atoms with Gasteiger partial charge in [-0.25, -0.2) is 11.1 Å². The third-order valence-electron chi connectivity index (χ3n) is 4.00.